The lowest BCUT2D eigenvalue weighted by molar-refractivity contribution is -0.122. The van der Waals surface area contributed by atoms with Gasteiger partial charge in [0.05, 0.1) is 17.6 Å². The Morgan fingerprint density at radius 3 is 2.07 bits per heavy atom. The van der Waals surface area contributed by atoms with Crippen molar-refractivity contribution in [2.24, 2.45) is 0 Å². The molecular weight excluding hydrogens is 372 g/mol. The van der Waals surface area contributed by atoms with Crippen LogP contribution in [0.5, 0.6) is 0 Å². The maximum absolute atomic E-state index is 14.1. The molecule has 30 heavy (non-hydrogen) atoms. The van der Waals surface area contributed by atoms with E-state index in [1.54, 1.807) is 6.20 Å². The minimum Gasteiger partial charge on any atom is -0.274 e. The number of nitrogens with zero attached hydrogens (tertiary/aromatic N) is 2. The molecule has 0 radical (unpaired) electrons. The number of aromatic nitrogens is 1. The van der Waals surface area contributed by atoms with Crippen molar-refractivity contribution < 1.29 is 9.59 Å². The first-order chi connectivity index (χ1) is 14.6. The third-order valence-electron chi connectivity index (χ3n) is 5.94. The maximum atomic E-state index is 14.1. The predicted molar refractivity (Wildman–Crippen MR) is 117 cm³/mol. The summed E-state index contributed by atoms with van der Waals surface area (Å²) in [6.45, 7) is 1.91. The molecular formula is C26H20N2O2. The van der Waals surface area contributed by atoms with Crippen LogP contribution in [0.25, 0.3) is 10.9 Å². The standard InChI is InChI=1S/C26H20N2O2/c1-18-14-15-19-9-8-16-27-23(19)24(18)28-22(29)17-26(25(28)30,20-10-4-2-5-11-20)21-12-6-3-7-13-21/h2-16H,17H2,1H3. The molecule has 1 aliphatic heterocycles. The molecule has 1 saturated heterocycles. The summed E-state index contributed by atoms with van der Waals surface area (Å²) < 4.78 is 0. The Morgan fingerprint density at radius 1 is 0.800 bits per heavy atom. The maximum Gasteiger partial charge on any atom is 0.249 e. The minimum atomic E-state index is -1.05. The molecule has 4 aromatic rings. The van der Waals surface area contributed by atoms with E-state index < -0.39 is 5.41 Å². The third kappa shape index (κ3) is 2.57. The van der Waals surface area contributed by atoms with Crippen LogP contribution in [0.3, 0.4) is 0 Å². The van der Waals surface area contributed by atoms with Crippen molar-refractivity contribution in [2.75, 3.05) is 4.90 Å². The summed E-state index contributed by atoms with van der Waals surface area (Å²) in [5.74, 6) is -0.444. The zero-order valence-electron chi connectivity index (χ0n) is 16.6. The van der Waals surface area contributed by atoms with E-state index in [-0.39, 0.29) is 18.2 Å². The summed E-state index contributed by atoms with van der Waals surface area (Å²) in [6, 6.07) is 26.9. The molecule has 0 aliphatic carbocycles. The number of rotatable bonds is 3. The number of imide groups is 1. The molecule has 0 saturated carbocycles. The number of hydrogen-bond acceptors (Lipinski definition) is 3. The van der Waals surface area contributed by atoms with Crippen molar-refractivity contribution in [3.8, 4) is 0 Å². The predicted octanol–water partition coefficient (Wildman–Crippen LogP) is 4.79. The molecule has 4 heteroatoms. The summed E-state index contributed by atoms with van der Waals surface area (Å²) in [4.78, 5) is 33.4. The number of carbonyl (C=O) groups is 2. The highest BCUT2D eigenvalue weighted by Gasteiger charge is 2.54. The van der Waals surface area contributed by atoms with E-state index in [1.807, 2.05) is 91.9 Å². The highest BCUT2D eigenvalue weighted by atomic mass is 16.2. The number of amides is 2. The van der Waals surface area contributed by atoms with E-state index in [4.69, 9.17) is 0 Å². The van der Waals surface area contributed by atoms with Crippen LogP contribution >= 0.6 is 0 Å². The van der Waals surface area contributed by atoms with Crippen molar-refractivity contribution >= 4 is 28.4 Å². The smallest absolute Gasteiger partial charge is 0.249 e. The second kappa shape index (κ2) is 6.92. The molecule has 146 valence electrons. The molecule has 0 bridgehead atoms. The fourth-order valence-electron chi connectivity index (χ4n) is 4.49. The second-order valence-electron chi connectivity index (χ2n) is 7.65. The number of aryl methyl sites for hydroxylation is 1. The van der Waals surface area contributed by atoms with Crippen LogP contribution in [0.4, 0.5) is 5.69 Å². The van der Waals surface area contributed by atoms with Gasteiger partial charge in [-0.05, 0) is 29.7 Å². The first-order valence-corrected chi connectivity index (χ1v) is 9.96. The Hall–Kier alpha value is -3.79. The minimum absolute atomic E-state index is 0.0858. The second-order valence-corrected chi connectivity index (χ2v) is 7.65. The van der Waals surface area contributed by atoms with Crippen LogP contribution in [0.1, 0.15) is 23.1 Å². The van der Waals surface area contributed by atoms with Gasteiger partial charge in [-0.15, -0.1) is 0 Å². The van der Waals surface area contributed by atoms with E-state index >= 15 is 0 Å². The van der Waals surface area contributed by atoms with E-state index in [0.717, 1.165) is 22.1 Å². The van der Waals surface area contributed by atoms with Crippen LogP contribution in [0, 0.1) is 6.92 Å². The van der Waals surface area contributed by atoms with Gasteiger partial charge in [0.15, 0.2) is 0 Å². The van der Waals surface area contributed by atoms with Crippen LogP contribution in [0.15, 0.2) is 91.1 Å². The quantitative estimate of drug-likeness (QED) is 0.471. The molecule has 1 aromatic heterocycles. The van der Waals surface area contributed by atoms with Gasteiger partial charge in [0.2, 0.25) is 11.8 Å². The lowest BCUT2D eigenvalue weighted by Crippen LogP contribution is -2.40. The molecule has 4 nitrogen and oxygen atoms in total. The van der Waals surface area contributed by atoms with Gasteiger partial charge >= 0.3 is 0 Å². The van der Waals surface area contributed by atoms with Crippen molar-refractivity contribution in [1.29, 1.82) is 0 Å². The zero-order valence-corrected chi connectivity index (χ0v) is 16.6. The number of carbonyl (C=O) groups excluding carboxylic acids is 2. The topological polar surface area (TPSA) is 50.3 Å². The average molecular weight is 392 g/mol. The van der Waals surface area contributed by atoms with E-state index in [2.05, 4.69) is 4.98 Å². The number of pyridine rings is 1. The first-order valence-electron chi connectivity index (χ1n) is 9.96. The van der Waals surface area contributed by atoms with Gasteiger partial charge in [0.25, 0.3) is 0 Å². The Bertz CT molecular complexity index is 1230. The van der Waals surface area contributed by atoms with Gasteiger partial charge in [-0.1, -0.05) is 78.9 Å². The fourth-order valence-corrected chi connectivity index (χ4v) is 4.49. The molecule has 5 rings (SSSR count). The molecule has 0 spiro atoms. The highest BCUT2D eigenvalue weighted by Crippen LogP contribution is 2.45. The Labute approximate surface area is 174 Å². The first kappa shape index (κ1) is 18.3. The molecule has 2 heterocycles. The molecule has 2 amide bonds. The summed E-state index contributed by atoms with van der Waals surface area (Å²) >= 11 is 0. The van der Waals surface area contributed by atoms with Gasteiger partial charge in [-0.2, -0.15) is 0 Å². The van der Waals surface area contributed by atoms with Crippen molar-refractivity contribution in [3.63, 3.8) is 0 Å². The molecule has 0 atom stereocenters. The largest absolute Gasteiger partial charge is 0.274 e. The molecule has 0 unspecified atom stereocenters. The monoisotopic (exact) mass is 392 g/mol. The van der Waals surface area contributed by atoms with E-state index in [0.29, 0.717) is 11.2 Å². The summed E-state index contributed by atoms with van der Waals surface area (Å²) in [5, 5.41) is 0.899. The third-order valence-corrected chi connectivity index (χ3v) is 5.94. The lowest BCUT2D eigenvalue weighted by Gasteiger charge is -2.28. The number of hydrogen-bond donors (Lipinski definition) is 0. The Morgan fingerprint density at radius 2 is 1.43 bits per heavy atom. The van der Waals surface area contributed by atoms with Crippen molar-refractivity contribution in [2.45, 2.75) is 18.8 Å². The normalized spacial score (nSPS) is 15.7. The van der Waals surface area contributed by atoms with Gasteiger partial charge < -0.3 is 0 Å². The molecule has 1 aliphatic rings. The van der Waals surface area contributed by atoms with Crippen molar-refractivity contribution in [3.05, 3.63) is 108 Å². The SMILES string of the molecule is Cc1ccc2cccnc2c1N1C(=O)CC(c2ccccc2)(c2ccccc2)C1=O. The Balaban J connectivity index is 1.77. The van der Waals surface area contributed by atoms with E-state index in [9.17, 15) is 9.59 Å². The number of fused-ring (bicyclic) bond motifs is 1. The highest BCUT2D eigenvalue weighted by molar-refractivity contribution is 6.28. The number of benzene rings is 3. The fraction of sp³-hybridized carbons (Fsp3) is 0.115. The Kier molecular flexibility index (Phi) is 4.21. The molecule has 3 aromatic carbocycles. The summed E-state index contributed by atoms with van der Waals surface area (Å²) in [5.41, 5.74) is 2.68. The van der Waals surface area contributed by atoms with Crippen LogP contribution < -0.4 is 4.90 Å². The lowest BCUT2D eigenvalue weighted by atomic mass is 9.73. The summed E-state index contributed by atoms with van der Waals surface area (Å²) in [6.07, 6.45) is 1.78. The number of anilines is 1. The van der Waals surface area contributed by atoms with Crippen molar-refractivity contribution in [1.82, 2.24) is 4.98 Å². The molecule has 1 fully saturated rings. The van der Waals surface area contributed by atoms with Gasteiger partial charge in [0, 0.05) is 11.6 Å². The van der Waals surface area contributed by atoms with Crippen LogP contribution in [0.2, 0.25) is 0 Å². The van der Waals surface area contributed by atoms with Gasteiger partial charge in [0.1, 0.15) is 5.41 Å². The zero-order chi connectivity index (χ0) is 20.7. The van der Waals surface area contributed by atoms with Gasteiger partial charge in [-0.3, -0.25) is 14.6 Å². The van der Waals surface area contributed by atoms with Gasteiger partial charge in [-0.25, -0.2) is 4.90 Å². The average Bonchev–Trinajstić information content (AvgIpc) is 3.06. The van der Waals surface area contributed by atoms with Crippen LogP contribution in [-0.4, -0.2) is 16.8 Å². The van der Waals surface area contributed by atoms with Crippen LogP contribution in [-0.2, 0) is 15.0 Å². The molecule has 0 N–H and O–H groups in total. The summed E-state index contributed by atoms with van der Waals surface area (Å²) in [7, 11) is 0. The van der Waals surface area contributed by atoms with E-state index in [1.165, 1.54) is 4.90 Å².